The molecular formula is C10H13NO3. The van der Waals surface area contributed by atoms with Crippen LogP contribution in [0.1, 0.15) is 16.8 Å². The maximum absolute atomic E-state index is 11.4. The first-order valence-corrected chi connectivity index (χ1v) is 4.27. The highest BCUT2D eigenvalue weighted by Crippen LogP contribution is 2.25. The normalized spacial score (nSPS) is 9.86. The third-order valence-corrected chi connectivity index (χ3v) is 1.93. The zero-order valence-electron chi connectivity index (χ0n) is 7.99. The Morgan fingerprint density at radius 3 is 2.86 bits per heavy atom. The Hall–Kier alpha value is -1.55. The Morgan fingerprint density at radius 1 is 1.57 bits per heavy atom. The SMILES string of the molecule is COc1cccc(C(=O)CCO)c1N. The van der Waals surface area contributed by atoms with E-state index in [9.17, 15) is 4.79 Å². The van der Waals surface area contributed by atoms with Gasteiger partial charge in [-0.25, -0.2) is 0 Å². The number of para-hydroxylation sites is 1. The first-order chi connectivity index (χ1) is 6.70. The Balaban J connectivity index is 3.03. The lowest BCUT2D eigenvalue weighted by Gasteiger charge is -2.08. The quantitative estimate of drug-likeness (QED) is 0.551. The molecule has 76 valence electrons. The number of hydrogen-bond donors (Lipinski definition) is 2. The number of Topliss-reactive ketones (excluding diaryl/α,β-unsaturated/α-hetero) is 1. The molecule has 0 bridgehead atoms. The molecule has 0 saturated heterocycles. The van der Waals surface area contributed by atoms with E-state index in [1.165, 1.54) is 7.11 Å². The number of methoxy groups -OCH3 is 1. The molecule has 0 aliphatic heterocycles. The minimum absolute atomic E-state index is 0.0807. The van der Waals surface area contributed by atoms with Gasteiger partial charge in [-0.15, -0.1) is 0 Å². The van der Waals surface area contributed by atoms with Crippen molar-refractivity contribution in [3.8, 4) is 5.75 Å². The molecule has 3 N–H and O–H groups in total. The summed E-state index contributed by atoms with van der Waals surface area (Å²) in [5.74, 6) is 0.303. The summed E-state index contributed by atoms with van der Waals surface area (Å²) in [4.78, 5) is 11.4. The number of aliphatic hydroxyl groups excluding tert-OH is 1. The summed E-state index contributed by atoms with van der Waals surface area (Å²) < 4.78 is 4.97. The largest absolute Gasteiger partial charge is 0.495 e. The van der Waals surface area contributed by atoms with Crippen LogP contribution in [0.5, 0.6) is 5.75 Å². The number of ketones is 1. The lowest BCUT2D eigenvalue weighted by Crippen LogP contribution is -2.06. The van der Waals surface area contributed by atoms with Crippen molar-refractivity contribution in [2.75, 3.05) is 19.5 Å². The van der Waals surface area contributed by atoms with Crippen LogP contribution < -0.4 is 10.5 Å². The minimum Gasteiger partial charge on any atom is -0.495 e. The summed E-state index contributed by atoms with van der Waals surface area (Å²) in [6.45, 7) is -0.171. The van der Waals surface area contributed by atoms with Gasteiger partial charge in [0.15, 0.2) is 5.78 Å². The molecule has 1 rings (SSSR count). The highest BCUT2D eigenvalue weighted by molar-refractivity contribution is 6.01. The molecule has 0 aliphatic rings. The molecule has 1 aromatic carbocycles. The van der Waals surface area contributed by atoms with E-state index in [1.54, 1.807) is 18.2 Å². The van der Waals surface area contributed by atoms with Gasteiger partial charge in [0.2, 0.25) is 0 Å². The molecule has 1 aromatic rings. The van der Waals surface area contributed by atoms with Gasteiger partial charge in [-0.2, -0.15) is 0 Å². The lowest BCUT2D eigenvalue weighted by molar-refractivity contribution is 0.0957. The molecule has 14 heavy (non-hydrogen) atoms. The molecule has 0 radical (unpaired) electrons. The predicted molar refractivity (Wildman–Crippen MR) is 53.4 cm³/mol. The fraction of sp³-hybridized carbons (Fsp3) is 0.300. The van der Waals surface area contributed by atoms with E-state index >= 15 is 0 Å². The number of carbonyl (C=O) groups excluding carboxylic acids is 1. The first-order valence-electron chi connectivity index (χ1n) is 4.27. The van der Waals surface area contributed by atoms with Crippen molar-refractivity contribution >= 4 is 11.5 Å². The number of carbonyl (C=O) groups is 1. The molecule has 4 nitrogen and oxygen atoms in total. The van der Waals surface area contributed by atoms with Crippen LogP contribution >= 0.6 is 0 Å². The molecule has 0 saturated carbocycles. The van der Waals surface area contributed by atoms with Crippen LogP contribution in [0.15, 0.2) is 18.2 Å². The van der Waals surface area contributed by atoms with Gasteiger partial charge < -0.3 is 15.6 Å². The molecule has 0 aromatic heterocycles. The fourth-order valence-corrected chi connectivity index (χ4v) is 1.20. The number of ether oxygens (including phenoxy) is 1. The van der Waals surface area contributed by atoms with Crippen molar-refractivity contribution in [2.45, 2.75) is 6.42 Å². The standard InChI is InChI=1S/C10H13NO3/c1-14-9-4-2-3-7(10(9)11)8(13)5-6-12/h2-4,12H,5-6,11H2,1H3. The second-order valence-electron chi connectivity index (χ2n) is 2.82. The highest BCUT2D eigenvalue weighted by Gasteiger charge is 2.11. The molecule has 0 amide bonds. The number of anilines is 1. The van der Waals surface area contributed by atoms with Gasteiger partial charge in [-0.1, -0.05) is 6.07 Å². The van der Waals surface area contributed by atoms with Gasteiger partial charge in [0, 0.05) is 12.0 Å². The van der Waals surface area contributed by atoms with Crippen LogP contribution in [0.3, 0.4) is 0 Å². The van der Waals surface area contributed by atoms with Crippen LogP contribution in [0.2, 0.25) is 0 Å². The second kappa shape index (κ2) is 4.62. The Morgan fingerprint density at radius 2 is 2.29 bits per heavy atom. The molecule has 0 spiro atoms. The maximum Gasteiger partial charge on any atom is 0.167 e. The monoisotopic (exact) mass is 195 g/mol. The molecule has 0 aliphatic carbocycles. The van der Waals surface area contributed by atoms with Gasteiger partial charge in [-0.3, -0.25) is 4.79 Å². The van der Waals surface area contributed by atoms with Crippen LogP contribution in [0.25, 0.3) is 0 Å². The van der Waals surface area contributed by atoms with Gasteiger partial charge in [0.1, 0.15) is 5.75 Å². The zero-order chi connectivity index (χ0) is 10.6. The van der Waals surface area contributed by atoms with Gasteiger partial charge in [-0.05, 0) is 12.1 Å². The van der Waals surface area contributed by atoms with E-state index in [2.05, 4.69) is 0 Å². The number of nitrogen functional groups attached to an aromatic ring is 1. The fourth-order valence-electron chi connectivity index (χ4n) is 1.20. The van der Waals surface area contributed by atoms with Crippen LogP contribution in [0, 0.1) is 0 Å². The average Bonchev–Trinajstić information content (AvgIpc) is 2.18. The number of benzene rings is 1. The van der Waals surface area contributed by atoms with E-state index in [0.717, 1.165) is 0 Å². The van der Waals surface area contributed by atoms with E-state index in [0.29, 0.717) is 17.0 Å². The van der Waals surface area contributed by atoms with Crippen molar-refractivity contribution in [3.05, 3.63) is 23.8 Å². The summed E-state index contributed by atoms with van der Waals surface area (Å²) in [6, 6.07) is 5.00. The molecular weight excluding hydrogens is 182 g/mol. The summed E-state index contributed by atoms with van der Waals surface area (Å²) in [6.07, 6.45) is 0.0807. The lowest BCUT2D eigenvalue weighted by atomic mass is 10.1. The number of aliphatic hydroxyl groups is 1. The van der Waals surface area contributed by atoms with Crippen molar-refractivity contribution in [3.63, 3.8) is 0 Å². The molecule has 0 fully saturated rings. The van der Waals surface area contributed by atoms with Crippen molar-refractivity contribution in [2.24, 2.45) is 0 Å². The molecule has 4 heteroatoms. The summed E-state index contributed by atoms with van der Waals surface area (Å²) in [5.41, 5.74) is 6.43. The van der Waals surface area contributed by atoms with Gasteiger partial charge in [0.25, 0.3) is 0 Å². The second-order valence-corrected chi connectivity index (χ2v) is 2.82. The van der Waals surface area contributed by atoms with E-state index in [1.807, 2.05) is 0 Å². The highest BCUT2D eigenvalue weighted by atomic mass is 16.5. The number of hydrogen-bond acceptors (Lipinski definition) is 4. The van der Waals surface area contributed by atoms with Crippen LogP contribution in [-0.2, 0) is 0 Å². The number of nitrogens with two attached hydrogens (primary N) is 1. The Kier molecular flexibility index (Phi) is 3.48. The van der Waals surface area contributed by atoms with Gasteiger partial charge in [0.05, 0.1) is 19.4 Å². The average molecular weight is 195 g/mol. The third-order valence-electron chi connectivity index (χ3n) is 1.93. The smallest absolute Gasteiger partial charge is 0.167 e. The van der Waals surface area contributed by atoms with E-state index < -0.39 is 0 Å². The maximum atomic E-state index is 11.4. The molecule has 0 heterocycles. The summed E-state index contributed by atoms with van der Waals surface area (Å²) in [7, 11) is 1.49. The minimum atomic E-state index is -0.177. The summed E-state index contributed by atoms with van der Waals surface area (Å²) in [5, 5.41) is 8.62. The van der Waals surface area contributed by atoms with Crippen LogP contribution in [0.4, 0.5) is 5.69 Å². The topological polar surface area (TPSA) is 72.5 Å². The number of rotatable bonds is 4. The van der Waals surface area contributed by atoms with Crippen molar-refractivity contribution in [1.82, 2.24) is 0 Å². The first kappa shape index (κ1) is 10.5. The van der Waals surface area contributed by atoms with Crippen LogP contribution in [-0.4, -0.2) is 24.6 Å². The Labute approximate surface area is 82.3 Å². The van der Waals surface area contributed by atoms with Gasteiger partial charge >= 0.3 is 0 Å². The molecule has 0 unspecified atom stereocenters. The Bertz CT molecular complexity index is 336. The van der Waals surface area contributed by atoms with Crippen molar-refractivity contribution in [1.29, 1.82) is 0 Å². The summed E-state index contributed by atoms with van der Waals surface area (Å²) >= 11 is 0. The van der Waals surface area contributed by atoms with E-state index in [-0.39, 0.29) is 18.8 Å². The predicted octanol–water partition coefficient (Wildman–Crippen LogP) is 0.843. The molecule has 0 atom stereocenters. The van der Waals surface area contributed by atoms with E-state index in [4.69, 9.17) is 15.6 Å². The third kappa shape index (κ3) is 2.03. The zero-order valence-corrected chi connectivity index (χ0v) is 7.99. The van der Waals surface area contributed by atoms with Crippen molar-refractivity contribution < 1.29 is 14.6 Å².